The lowest BCUT2D eigenvalue weighted by molar-refractivity contribution is 0.164. The van der Waals surface area contributed by atoms with Crippen molar-refractivity contribution in [2.45, 2.75) is 12.5 Å². The van der Waals surface area contributed by atoms with E-state index >= 15 is 0 Å². The standard InChI is InChI=1S/C9H10F3NO2/c10-5-3-4(6(14)1-2-13)9(15)8(12)7(5)11/h3,6,14-15H,1-2,13H2. The molecule has 4 N–H and O–H groups in total. The Morgan fingerprint density at radius 3 is 2.40 bits per heavy atom. The van der Waals surface area contributed by atoms with E-state index in [4.69, 9.17) is 10.8 Å². The minimum absolute atomic E-state index is 0.0120. The quantitative estimate of drug-likeness (QED) is 0.672. The van der Waals surface area contributed by atoms with Crippen molar-refractivity contribution in [2.24, 2.45) is 5.73 Å². The molecule has 1 aromatic rings. The van der Waals surface area contributed by atoms with Crippen molar-refractivity contribution in [1.29, 1.82) is 0 Å². The van der Waals surface area contributed by atoms with E-state index in [1.165, 1.54) is 0 Å². The predicted molar refractivity (Wildman–Crippen MR) is 46.6 cm³/mol. The molecule has 1 aromatic carbocycles. The Labute approximate surface area is 84.0 Å². The molecular formula is C9H10F3NO2. The Morgan fingerprint density at radius 2 is 1.87 bits per heavy atom. The zero-order valence-electron chi connectivity index (χ0n) is 7.67. The summed E-state index contributed by atoms with van der Waals surface area (Å²) in [6, 6.07) is 0.550. The van der Waals surface area contributed by atoms with Crippen LogP contribution in [0.15, 0.2) is 6.07 Å². The largest absolute Gasteiger partial charge is 0.504 e. The van der Waals surface area contributed by atoms with Crippen LogP contribution in [-0.2, 0) is 0 Å². The Bertz CT molecular complexity index is 371. The first-order valence-electron chi connectivity index (χ1n) is 4.23. The molecule has 0 bridgehead atoms. The highest BCUT2D eigenvalue weighted by atomic mass is 19.2. The van der Waals surface area contributed by atoms with Crippen LogP contribution < -0.4 is 5.73 Å². The molecule has 0 aliphatic heterocycles. The lowest BCUT2D eigenvalue weighted by atomic mass is 10.0. The fraction of sp³-hybridized carbons (Fsp3) is 0.333. The van der Waals surface area contributed by atoms with Crippen molar-refractivity contribution in [3.05, 3.63) is 29.1 Å². The van der Waals surface area contributed by atoms with E-state index in [1.807, 2.05) is 0 Å². The molecule has 3 nitrogen and oxygen atoms in total. The van der Waals surface area contributed by atoms with E-state index in [0.29, 0.717) is 6.07 Å². The van der Waals surface area contributed by atoms with Gasteiger partial charge in [0.15, 0.2) is 17.4 Å². The number of halogens is 3. The van der Waals surface area contributed by atoms with Crippen molar-refractivity contribution < 1.29 is 23.4 Å². The molecule has 0 heterocycles. The highest BCUT2D eigenvalue weighted by Gasteiger charge is 2.21. The van der Waals surface area contributed by atoms with Gasteiger partial charge in [-0.25, -0.2) is 8.78 Å². The maximum atomic E-state index is 12.8. The van der Waals surface area contributed by atoms with Crippen LogP contribution in [0.2, 0.25) is 0 Å². The zero-order chi connectivity index (χ0) is 11.6. The average molecular weight is 221 g/mol. The van der Waals surface area contributed by atoms with Crippen LogP contribution in [0.3, 0.4) is 0 Å². The molecule has 0 saturated heterocycles. The Hall–Kier alpha value is -1.27. The summed E-state index contributed by atoms with van der Waals surface area (Å²) < 4.78 is 38.2. The van der Waals surface area contributed by atoms with E-state index in [2.05, 4.69) is 0 Å². The number of aromatic hydroxyl groups is 1. The number of rotatable bonds is 3. The van der Waals surface area contributed by atoms with Crippen LogP contribution in [-0.4, -0.2) is 16.8 Å². The second-order valence-electron chi connectivity index (χ2n) is 3.02. The van der Waals surface area contributed by atoms with Gasteiger partial charge in [-0.05, 0) is 19.0 Å². The van der Waals surface area contributed by atoms with Crippen LogP contribution in [0.4, 0.5) is 13.2 Å². The number of aliphatic hydroxyl groups excluding tert-OH is 1. The molecule has 1 rings (SSSR count). The first-order chi connectivity index (χ1) is 6.99. The monoisotopic (exact) mass is 221 g/mol. The molecular weight excluding hydrogens is 211 g/mol. The molecule has 6 heteroatoms. The first-order valence-corrected chi connectivity index (χ1v) is 4.23. The Kier molecular flexibility index (Phi) is 3.54. The third-order valence-electron chi connectivity index (χ3n) is 1.97. The van der Waals surface area contributed by atoms with Gasteiger partial charge in [0.2, 0.25) is 5.82 Å². The van der Waals surface area contributed by atoms with Gasteiger partial charge >= 0.3 is 0 Å². The number of phenolic OH excluding ortho intramolecular Hbond substituents is 1. The highest BCUT2D eigenvalue weighted by Crippen LogP contribution is 2.31. The second-order valence-corrected chi connectivity index (χ2v) is 3.02. The lowest BCUT2D eigenvalue weighted by Crippen LogP contribution is -2.08. The number of hydrogen-bond acceptors (Lipinski definition) is 3. The van der Waals surface area contributed by atoms with Crippen LogP contribution in [0.5, 0.6) is 5.75 Å². The number of phenols is 1. The molecule has 0 saturated carbocycles. The van der Waals surface area contributed by atoms with Gasteiger partial charge in [-0.2, -0.15) is 4.39 Å². The minimum atomic E-state index is -1.77. The van der Waals surface area contributed by atoms with Gasteiger partial charge in [0.25, 0.3) is 0 Å². The summed E-state index contributed by atoms with van der Waals surface area (Å²) in [5.41, 5.74) is 4.71. The van der Waals surface area contributed by atoms with E-state index in [0.717, 1.165) is 0 Å². The summed E-state index contributed by atoms with van der Waals surface area (Å²) in [5.74, 6) is -6.02. The normalized spacial score (nSPS) is 12.9. The molecule has 0 fully saturated rings. The summed E-state index contributed by atoms with van der Waals surface area (Å²) >= 11 is 0. The Morgan fingerprint density at radius 1 is 1.27 bits per heavy atom. The topological polar surface area (TPSA) is 66.5 Å². The molecule has 0 radical (unpaired) electrons. The van der Waals surface area contributed by atoms with E-state index < -0.39 is 34.9 Å². The van der Waals surface area contributed by atoms with Crippen LogP contribution in [0, 0.1) is 17.5 Å². The third-order valence-corrected chi connectivity index (χ3v) is 1.97. The number of nitrogens with two attached hydrogens (primary N) is 1. The summed E-state index contributed by atoms with van der Waals surface area (Å²) in [4.78, 5) is 0. The fourth-order valence-electron chi connectivity index (χ4n) is 1.17. The molecule has 1 unspecified atom stereocenters. The zero-order valence-corrected chi connectivity index (χ0v) is 7.67. The first kappa shape index (κ1) is 11.8. The summed E-state index contributed by atoms with van der Waals surface area (Å²) in [6.07, 6.45) is -1.31. The van der Waals surface area contributed by atoms with Crippen molar-refractivity contribution in [3.63, 3.8) is 0 Å². The molecule has 15 heavy (non-hydrogen) atoms. The van der Waals surface area contributed by atoms with Gasteiger partial charge in [0.1, 0.15) is 0 Å². The van der Waals surface area contributed by atoms with E-state index in [1.54, 1.807) is 0 Å². The second kappa shape index (κ2) is 4.50. The van der Waals surface area contributed by atoms with Gasteiger partial charge in [0.05, 0.1) is 6.10 Å². The molecule has 0 aliphatic rings. The van der Waals surface area contributed by atoms with Crippen LogP contribution >= 0.6 is 0 Å². The summed E-state index contributed by atoms with van der Waals surface area (Å²) in [6.45, 7) is 0.0707. The van der Waals surface area contributed by atoms with Crippen molar-refractivity contribution in [1.82, 2.24) is 0 Å². The maximum Gasteiger partial charge on any atom is 0.203 e. The SMILES string of the molecule is NCCC(O)c1cc(F)c(F)c(F)c1O. The molecule has 1 atom stereocenters. The van der Waals surface area contributed by atoms with Gasteiger partial charge in [-0.15, -0.1) is 0 Å². The van der Waals surface area contributed by atoms with E-state index in [9.17, 15) is 18.3 Å². The molecule has 0 amide bonds. The van der Waals surface area contributed by atoms with E-state index in [-0.39, 0.29) is 13.0 Å². The molecule has 0 aliphatic carbocycles. The van der Waals surface area contributed by atoms with Crippen molar-refractivity contribution >= 4 is 0 Å². The van der Waals surface area contributed by atoms with Gasteiger partial charge in [-0.3, -0.25) is 0 Å². The fourth-order valence-corrected chi connectivity index (χ4v) is 1.17. The highest BCUT2D eigenvalue weighted by molar-refractivity contribution is 5.36. The van der Waals surface area contributed by atoms with Gasteiger partial charge < -0.3 is 15.9 Å². The molecule has 0 spiro atoms. The smallest absolute Gasteiger partial charge is 0.203 e. The summed E-state index contributed by atoms with van der Waals surface area (Å²) in [5, 5.41) is 18.5. The van der Waals surface area contributed by atoms with Crippen molar-refractivity contribution in [3.8, 4) is 5.75 Å². The van der Waals surface area contributed by atoms with Gasteiger partial charge in [-0.1, -0.05) is 0 Å². The third kappa shape index (κ3) is 2.21. The Balaban J connectivity index is 3.19. The number of benzene rings is 1. The van der Waals surface area contributed by atoms with Crippen LogP contribution in [0.25, 0.3) is 0 Å². The van der Waals surface area contributed by atoms with Crippen LogP contribution in [0.1, 0.15) is 18.1 Å². The molecule has 84 valence electrons. The number of hydrogen-bond donors (Lipinski definition) is 3. The minimum Gasteiger partial charge on any atom is -0.504 e. The molecule has 0 aromatic heterocycles. The van der Waals surface area contributed by atoms with Crippen molar-refractivity contribution in [2.75, 3.05) is 6.54 Å². The maximum absolute atomic E-state index is 12.8. The summed E-state index contributed by atoms with van der Waals surface area (Å²) in [7, 11) is 0. The lowest BCUT2D eigenvalue weighted by Gasteiger charge is -2.12. The number of aliphatic hydroxyl groups is 1. The van der Waals surface area contributed by atoms with Gasteiger partial charge in [0, 0.05) is 5.56 Å². The average Bonchev–Trinajstić information content (AvgIpc) is 2.20. The predicted octanol–water partition coefficient (Wildman–Crippen LogP) is 1.19.